The first-order chi connectivity index (χ1) is 15.0. The van der Waals surface area contributed by atoms with Crippen molar-refractivity contribution in [1.29, 1.82) is 0 Å². The maximum Gasteiger partial charge on any atom is 0.192 e. The fourth-order valence-electron chi connectivity index (χ4n) is 3.68. The van der Waals surface area contributed by atoms with E-state index in [1.165, 1.54) is 11.3 Å². The van der Waals surface area contributed by atoms with E-state index in [9.17, 15) is 0 Å². The lowest BCUT2D eigenvalue weighted by Crippen LogP contribution is -2.38. The molecule has 0 aliphatic carbocycles. The van der Waals surface area contributed by atoms with Crippen molar-refractivity contribution in [2.24, 2.45) is 12.0 Å². The van der Waals surface area contributed by atoms with Crippen molar-refractivity contribution < 1.29 is 9.47 Å². The Balaban J connectivity index is 0.00000512. The molecule has 8 heteroatoms. The van der Waals surface area contributed by atoms with E-state index in [1.807, 2.05) is 37.7 Å². The first-order valence-corrected chi connectivity index (χ1v) is 11.5. The maximum absolute atomic E-state index is 5.78. The molecule has 1 aromatic carbocycles. The van der Waals surface area contributed by atoms with Gasteiger partial charge in [-0.25, -0.2) is 4.99 Å². The van der Waals surface area contributed by atoms with Crippen LogP contribution in [0.1, 0.15) is 70.1 Å². The molecule has 2 aromatic rings. The molecule has 2 rings (SSSR count). The number of benzene rings is 1. The second-order valence-electron chi connectivity index (χ2n) is 7.34. The lowest BCUT2D eigenvalue weighted by atomic mass is 10.1. The predicted molar refractivity (Wildman–Crippen MR) is 143 cm³/mol. The summed E-state index contributed by atoms with van der Waals surface area (Å²) in [4.78, 5) is 4.87. The van der Waals surface area contributed by atoms with Crippen LogP contribution in [0.2, 0.25) is 0 Å². The first kappa shape index (κ1) is 28.1. The zero-order chi connectivity index (χ0) is 22.8. The summed E-state index contributed by atoms with van der Waals surface area (Å²) >= 11 is 0. The van der Waals surface area contributed by atoms with Crippen molar-refractivity contribution in [3.05, 3.63) is 40.7 Å². The van der Waals surface area contributed by atoms with Gasteiger partial charge in [0.25, 0.3) is 0 Å². The van der Waals surface area contributed by atoms with Crippen LogP contribution in [0.5, 0.6) is 11.5 Å². The number of aliphatic imine (C=N–C) groups is 1. The first-order valence-electron chi connectivity index (χ1n) is 11.5. The highest BCUT2D eigenvalue weighted by Gasteiger charge is 2.15. The molecule has 1 unspecified atom stereocenters. The zero-order valence-corrected chi connectivity index (χ0v) is 22.9. The van der Waals surface area contributed by atoms with E-state index in [-0.39, 0.29) is 30.0 Å². The lowest BCUT2D eigenvalue weighted by Gasteiger charge is -2.20. The van der Waals surface area contributed by atoms with Crippen LogP contribution in [-0.4, -0.2) is 35.5 Å². The van der Waals surface area contributed by atoms with Crippen molar-refractivity contribution in [3.8, 4) is 11.5 Å². The molecule has 0 fully saturated rings. The summed E-state index contributed by atoms with van der Waals surface area (Å²) in [6, 6.07) is 6.14. The third kappa shape index (κ3) is 7.28. The molecule has 0 saturated carbocycles. The predicted octanol–water partition coefficient (Wildman–Crippen LogP) is 4.78. The van der Waals surface area contributed by atoms with E-state index in [0.717, 1.165) is 48.1 Å². The highest BCUT2D eigenvalue weighted by molar-refractivity contribution is 14.0. The fraction of sp³-hybridized carbons (Fsp3) is 0.583. The summed E-state index contributed by atoms with van der Waals surface area (Å²) in [6.07, 6.45) is 1.85. The Morgan fingerprint density at radius 2 is 1.75 bits per heavy atom. The standard InChI is InChI=1S/C24H39N5O2.HI/c1-8-20-19(21(9-2)29(7)28-20)16-26-24(25-10-3)27-17(6)18-13-14-22(30-11-4)23(15-18)31-12-5;/h13-15,17H,8-12,16H2,1-7H3,(H2,25,26,27);1H. The van der Waals surface area contributed by atoms with Crippen LogP contribution < -0.4 is 20.1 Å². The van der Waals surface area contributed by atoms with E-state index in [0.29, 0.717) is 19.8 Å². The van der Waals surface area contributed by atoms with E-state index >= 15 is 0 Å². The van der Waals surface area contributed by atoms with Crippen molar-refractivity contribution >= 4 is 29.9 Å². The number of hydrogen-bond donors (Lipinski definition) is 2. The molecule has 1 aromatic heterocycles. The number of halogens is 1. The largest absolute Gasteiger partial charge is 0.490 e. The van der Waals surface area contributed by atoms with Crippen molar-refractivity contribution in [2.45, 2.75) is 67.0 Å². The van der Waals surface area contributed by atoms with Crippen LogP contribution in [0.4, 0.5) is 0 Å². The molecule has 7 nitrogen and oxygen atoms in total. The summed E-state index contributed by atoms with van der Waals surface area (Å²) in [6.45, 7) is 15.1. The summed E-state index contributed by atoms with van der Waals surface area (Å²) in [5.74, 6) is 2.33. The summed E-state index contributed by atoms with van der Waals surface area (Å²) in [5, 5.41) is 11.5. The SMILES string of the molecule is CCNC(=NCc1c(CC)nn(C)c1CC)NC(C)c1ccc(OCC)c(OCC)c1.I. The highest BCUT2D eigenvalue weighted by Crippen LogP contribution is 2.30. The van der Waals surface area contributed by atoms with Crippen LogP contribution in [0.25, 0.3) is 0 Å². The molecule has 0 radical (unpaired) electrons. The van der Waals surface area contributed by atoms with Gasteiger partial charge < -0.3 is 20.1 Å². The monoisotopic (exact) mass is 557 g/mol. The molecule has 32 heavy (non-hydrogen) atoms. The van der Waals surface area contributed by atoms with Crippen molar-refractivity contribution in [1.82, 2.24) is 20.4 Å². The van der Waals surface area contributed by atoms with Crippen molar-refractivity contribution in [3.63, 3.8) is 0 Å². The Morgan fingerprint density at radius 3 is 2.34 bits per heavy atom. The number of ether oxygens (including phenoxy) is 2. The quantitative estimate of drug-likeness (QED) is 0.237. The van der Waals surface area contributed by atoms with Gasteiger partial charge in [-0.2, -0.15) is 5.10 Å². The van der Waals surface area contributed by atoms with Crippen LogP contribution in [0, 0.1) is 0 Å². The third-order valence-corrected chi connectivity index (χ3v) is 5.19. The van der Waals surface area contributed by atoms with Gasteiger partial charge in [0.05, 0.1) is 31.5 Å². The normalized spacial score (nSPS) is 12.2. The lowest BCUT2D eigenvalue weighted by molar-refractivity contribution is 0.287. The molecule has 180 valence electrons. The second-order valence-corrected chi connectivity index (χ2v) is 7.34. The summed E-state index contributed by atoms with van der Waals surface area (Å²) < 4.78 is 13.5. The van der Waals surface area contributed by atoms with Crippen molar-refractivity contribution in [2.75, 3.05) is 19.8 Å². The van der Waals surface area contributed by atoms with Crippen LogP contribution >= 0.6 is 24.0 Å². The molecule has 0 bridgehead atoms. The topological polar surface area (TPSA) is 72.7 Å². The molecular weight excluding hydrogens is 517 g/mol. The van der Waals surface area contributed by atoms with Crippen LogP contribution in [0.3, 0.4) is 0 Å². The number of nitrogens with one attached hydrogen (secondary N) is 2. The molecular formula is C24H40IN5O2. The number of rotatable bonds is 11. The van der Waals surface area contributed by atoms with E-state index in [4.69, 9.17) is 14.5 Å². The molecule has 0 saturated heterocycles. The fourth-order valence-corrected chi connectivity index (χ4v) is 3.68. The van der Waals surface area contributed by atoms with Gasteiger partial charge >= 0.3 is 0 Å². The Hall–Kier alpha value is -1.97. The van der Waals surface area contributed by atoms with Gasteiger partial charge in [0, 0.05) is 24.8 Å². The van der Waals surface area contributed by atoms with E-state index in [2.05, 4.69) is 49.5 Å². The molecule has 0 aliphatic rings. The molecule has 1 heterocycles. The Bertz CT molecular complexity index is 866. The minimum Gasteiger partial charge on any atom is -0.490 e. The molecule has 1 atom stereocenters. The van der Waals surface area contributed by atoms with Crippen LogP contribution in [0.15, 0.2) is 23.2 Å². The molecule has 2 N–H and O–H groups in total. The van der Waals surface area contributed by atoms with Crippen LogP contribution in [-0.2, 0) is 26.4 Å². The van der Waals surface area contributed by atoms with Gasteiger partial charge in [-0.15, -0.1) is 24.0 Å². The highest BCUT2D eigenvalue weighted by atomic mass is 127. The third-order valence-electron chi connectivity index (χ3n) is 5.19. The number of hydrogen-bond acceptors (Lipinski definition) is 4. The minimum atomic E-state index is 0. The van der Waals surface area contributed by atoms with Gasteiger partial charge in [-0.3, -0.25) is 4.68 Å². The minimum absolute atomic E-state index is 0. The molecule has 0 aliphatic heterocycles. The number of aromatic nitrogens is 2. The van der Waals surface area contributed by atoms with Gasteiger partial charge in [0.15, 0.2) is 17.5 Å². The average Bonchev–Trinajstić information content (AvgIpc) is 3.08. The second kappa shape index (κ2) is 14.2. The number of aryl methyl sites for hydroxylation is 2. The van der Waals surface area contributed by atoms with E-state index < -0.39 is 0 Å². The van der Waals surface area contributed by atoms with Gasteiger partial charge in [-0.05, 0) is 58.2 Å². The Morgan fingerprint density at radius 1 is 1.06 bits per heavy atom. The van der Waals surface area contributed by atoms with E-state index in [1.54, 1.807) is 0 Å². The maximum atomic E-state index is 5.78. The number of nitrogens with zero attached hydrogens (tertiary/aromatic N) is 3. The molecule has 0 amide bonds. The number of guanidine groups is 1. The molecule has 0 spiro atoms. The Kier molecular flexibility index (Phi) is 12.5. The zero-order valence-electron chi connectivity index (χ0n) is 20.6. The summed E-state index contributed by atoms with van der Waals surface area (Å²) in [5.41, 5.74) is 4.72. The van der Waals surface area contributed by atoms with Gasteiger partial charge in [0.2, 0.25) is 0 Å². The average molecular weight is 558 g/mol. The van der Waals surface area contributed by atoms with Gasteiger partial charge in [-0.1, -0.05) is 19.9 Å². The smallest absolute Gasteiger partial charge is 0.192 e. The summed E-state index contributed by atoms with van der Waals surface area (Å²) in [7, 11) is 2.01. The Labute approximate surface area is 210 Å². The van der Waals surface area contributed by atoms with Gasteiger partial charge in [0.1, 0.15) is 0 Å².